The lowest BCUT2D eigenvalue weighted by molar-refractivity contribution is -0.115. The number of rotatable bonds is 6. The third kappa shape index (κ3) is 4.19. The molecular weight excluding hydrogens is 364 g/mol. The molecule has 136 valence electrons. The summed E-state index contributed by atoms with van der Waals surface area (Å²) in [4.78, 5) is 18.6. The molecule has 2 aromatic carbocycles. The molecule has 1 aromatic heterocycles. The van der Waals surface area contributed by atoms with Gasteiger partial charge in [-0.25, -0.2) is 0 Å². The second kappa shape index (κ2) is 8.56. The quantitative estimate of drug-likeness (QED) is 0.579. The van der Waals surface area contributed by atoms with Crippen molar-refractivity contribution in [3.05, 3.63) is 52.8 Å². The Labute approximate surface area is 161 Å². The van der Waals surface area contributed by atoms with Crippen molar-refractivity contribution in [1.29, 1.82) is 0 Å². The fraction of sp³-hybridized carbons (Fsp3) is 0.300. The van der Waals surface area contributed by atoms with E-state index in [-0.39, 0.29) is 5.91 Å². The van der Waals surface area contributed by atoms with Crippen LogP contribution < -0.4 is 9.54 Å². The number of amides is 1. The summed E-state index contributed by atoms with van der Waals surface area (Å²) in [5.74, 6) is 1.03. The number of nitrogens with zero attached hydrogens (tertiary/aromatic N) is 2. The average Bonchev–Trinajstić information content (AvgIpc) is 2.99. The van der Waals surface area contributed by atoms with Crippen molar-refractivity contribution < 1.29 is 9.53 Å². The van der Waals surface area contributed by atoms with Crippen LogP contribution in [0.4, 0.5) is 0 Å². The average molecular weight is 387 g/mol. The van der Waals surface area contributed by atoms with E-state index >= 15 is 0 Å². The Morgan fingerprint density at radius 3 is 2.69 bits per heavy atom. The maximum absolute atomic E-state index is 12.4. The van der Waals surface area contributed by atoms with Gasteiger partial charge in [-0.05, 0) is 37.6 Å². The van der Waals surface area contributed by atoms with Gasteiger partial charge >= 0.3 is 0 Å². The van der Waals surface area contributed by atoms with Gasteiger partial charge in [-0.2, -0.15) is 4.99 Å². The minimum atomic E-state index is -0.119. The summed E-state index contributed by atoms with van der Waals surface area (Å²) in [7, 11) is 1.67. The predicted molar refractivity (Wildman–Crippen MR) is 109 cm³/mol. The molecule has 0 aliphatic carbocycles. The summed E-state index contributed by atoms with van der Waals surface area (Å²) in [6, 6.07) is 14.1. The van der Waals surface area contributed by atoms with Crippen molar-refractivity contribution in [2.24, 2.45) is 4.99 Å². The molecule has 0 aliphatic rings. The molecule has 0 saturated heterocycles. The largest absolute Gasteiger partial charge is 0.495 e. The van der Waals surface area contributed by atoms with Crippen LogP contribution in [-0.2, 0) is 11.3 Å². The normalized spacial score (nSPS) is 11.9. The summed E-state index contributed by atoms with van der Waals surface area (Å²) in [5, 5.41) is 0. The highest BCUT2D eigenvalue weighted by Gasteiger charge is 2.12. The lowest BCUT2D eigenvalue weighted by atomic mass is 10.2. The lowest BCUT2D eigenvalue weighted by Crippen LogP contribution is -2.17. The minimum Gasteiger partial charge on any atom is -0.495 e. The molecule has 6 heteroatoms. The number of para-hydroxylation sites is 1. The van der Waals surface area contributed by atoms with Crippen LogP contribution in [-0.4, -0.2) is 23.3 Å². The van der Waals surface area contributed by atoms with E-state index < -0.39 is 0 Å². The van der Waals surface area contributed by atoms with Crippen LogP contribution in [0.5, 0.6) is 5.75 Å². The number of carbonyl (C=O) groups excluding carboxylic acids is 1. The van der Waals surface area contributed by atoms with Crippen LogP contribution in [0.2, 0.25) is 0 Å². The lowest BCUT2D eigenvalue weighted by Gasteiger charge is -2.07. The van der Waals surface area contributed by atoms with Gasteiger partial charge in [-0.3, -0.25) is 4.79 Å². The third-order valence-electron chi connectivity index (χ3n) is 3.93. The van der Waals surface area contributed by atoms with Gasteiger partial charge in [-0.15, -0.1) is 11.8 Å². The van der Waals surface area contributed by atoms with Crippen LogP contribution in [0.3, 0.4) is 0 Å². The van der Waals surface area contributed by atoms with Crippen molar-refractivity contribution in [1.82, 2.24) is 4.57 Å². The summed E-state index contributed by atoms with van der Waals surface area (Å²) in [6.45, 7) is 4.97. The molecule has 1 amide bonds. The van der Waals surface area contributed by atoms with Gasteiger partial charge < -0.3 is 9.30 Å². The summed E-state index contributed by atoms with van der Waals surface area (Å²) >= 11 is 3.05. The number of benzene rings is 2. The van der Waals surface area contributed by atoms with Crippen LogP contribution in [0, 0.1) is 6.92 Å². The number of ether oxygens (including phenoxy) is 1. The molecule has 3 rings (SSSR count). The van der Waals surface area contributed by atoms with Crippen LogP contribution in [0.1, 0.15) is 18.9 Å². The molecule has 0 radical (unpaired) electrons. The van der Waals surface area contributed by atoms with Crippen LogP contribution in [0.25, 0.3) is 10.2 Å². The monoisotopic (exact) mass is 386 g/mol. The van der Waals surface area contributed by atoms with Crippen molar-refractivity contribution in [3.63, 3.8) is 0 Å². The van der Waals surface area contributed by atoms with Crippen molar-refractivity contribution in [2.75, 3.05) is 12.9 Å². The minimum absolute atomic E-state index is 0.119. The maximum atomic E-state index is 12.4. The molecule has 0 bridgehead atoms. The number of carbonyl (C=O) groups is 1. The third-order valence-corrected chi connectivity index (χ3v) is 5.98. The first-order valence-corrected chi connectivity index (χ1v) is 10.4. The smallest absolute Gasteiger partial charge is 0.258 e. The highest BCUT2D eigenvalue weighted by Crippen LogP contribution is 2.27. The predicted octanol–water partition coefficient (Wildman–Crippen LogP) is 4.65. The van der Waals surface area contributed by atoms with Gasteiger partial charge in [0.1, 0.15) is 11.3 Å². The Hall–Kier alpha value is -2.05. The summed E-state index contributed by atoms with van der Waals surface area (Å²) in [5.41, 5.74) is 2.23. The van der Waals surface area contributed by atoms with Crippen LogP contribution in [0.15, 0.2) is 52.4 Å². The van der Waals surface area contributed by atoms with Gasteiger partial charge in [0.15, 0.2) is 4.80 Å². The first-order chi connectivity index (χ1) is 12.6. The number of methoxy groups -OCH3 is 1. The highest BCUT2D eigenvalue weighted by molar-refractivity contribution is 8.00. The summed E-state index contributed by atoms with van der Waals surface area (Å²) in [6.07, 6.45) is 0.962. The number of thiazole rings is 1. The van der Waals surface area contributed by atoms with Crippen molar-refractivity contribution >= 4 is 39.2 Å². The Morgan fingerprint density at radius 1 is 1.23 bits per heavy atom. The van der Waals surface area contributed by atoms with E-state index in [9.17, 15) is 4.79 Å². The number of fused-ring (bicyclic) bond motifs is 1. The molecule has 0 unspecified atom stereocenters. The first kappa shape index (κ1) is 18.7. The van der Waals surface area contributed by atoms with E-state index in [2.05, 4.69) is 35.5 Å². The molecular formula is C20H22N2O2S2. The molecule has 0 N–H and O–H groups in total. The zero-order valence-corrected chi connectivity index (χ0v) is 16.8. The van der Waals surface area contributed by atoms with Gasteiger partial charge in [0.2, 0.25) is 0 Å². The van der Waals surface area contributed by atoms with Gasteiger partial charge in [-0.1, -0.05) is 42.0 Å². The maximum Gasteiger partial charge on any atom is 0.258 e. The Bertz CT molecular complexity index is 972. The zero-order chi connectivity index (χ0) is 18.5. The second-order valence-corrected chi connectivity index (χ2v) is 8.01. The second-order valence-electron chi connectivity index (χ2n) is 5.95. The Morgan fingerprint density at radius 2 is 2.00 bits per heavy atom. The molecule has 0 atom stereocenters. The van der Waals surface area contributed by atoms with Crippen molar-refractivity contribution in [3.8, 4) is 5.75 Å². The number of hydrogen-bond acceptors (Lipinski definition) is 4. The topological polar surface area (TPSA) is 43.6 Å². The number of aryl methyl sites for hydroxylation is 2. The van der Waals surface area contributed by atoms with E-state index in [0.717, 1.165) is 38.6 Å². The number of aromatic nitrogens is 1. The fourth-order valence-electron chi connectivity index (χ4n) is 2.70. The van der Waals surface area contributed by atoms with Gasteiger partial charge in [0.05, 0.1) is 17.6 Å². The van der Waals surface area contributed by atoms with E-state index in [0.29, 0.717) is 5.75 Å². The molecule has 1 heterocycles. The van der Waals surface area contributed by atoms with E-state index in [1.165, 1.54) is 28.7 Å². The highest BCUT2D eigenvalue weighted by atomic mass is 32.2. The SMILES string of the molecule is CCCn1c(=NC(=O)CSc2ccc(C)cc2)sc2cccc(OC)c21. The van der Waals surface area contributed by atoms with E-state index in [1.54, 1.807) is 7.11 Å². The molecule has 0 fully saturated rings. The zero-order valence-electron chi connectivity index (χ0n) is 15.2. The molecule has 0 saturated carbocycles. The molecule has 4 nitrogen and oxygen atoms in total. The van der Waals surface area contributed by atoms with E-state index in [1.807, 2.05) is 30.3 Å². The molecule has 0 spiro atoms. The fourth-order valence-corrected chi connectivity index (χ4v) is 4.47. The van der Waals surface area contributed by atoms with Crippen molar-refractivity contribution in [2.45, 2.75) is 31.7 Å². The first-order valence-electron chi connectivity index (χ1n) is 8.55. The number of hydrogen-bond donors (Lipinski definition) is 0. The van der Waals surface area contributed by atoms with Crippen LogP contribution >= 0.6 is 23.1 Å². The van der Waals surface area contributed by atoms with E-state index in [4.69, 9.17) is 4.74 Å². The Kier molecular flexibility index (Phi) is 6.16. The summed E-state index contributed by atoms with van der Waals surface area (Å²) < 4.78 is 8.67. The molecule has 3 aromatic rings. The molecule has 0 aliphatic heterocycles. The van der Waals surface area contributed by atoms with Gasteiger partial charge in [0, 0.05) is 11.4 Å². The number of thioether (sulfide) groups is 1. The standard InChI is InChI=1S/C20H22N2O2S2/c1-4-12-22-19-16(24-3)6-5-7-17(19)26-20(22)21-18(23)13-25-15-10-8-14(2)9-11-15/h5-11H,4,12-13H2,1-3H3. The Balaban J connectivity index is 1.89. The molecule has 26 heavy (non-hydrogen) atoms. The van der Waals surface area contributed by atoms with Gasteiger partial charge in [0.25, 0.3) is 5.91 Å².